The lowest BCUT2D eigenvalue weighted by Crippen LogP contribution is -2.46. The average Bonchev–Trinajstić information content (AvgIpc) is 2.33. The lowest BCUT2D eigenvalue weighted by Gasteiger charge is -2.41. The summed E-state index contributed by atoms with van der Waals surface area (Å²) in [6.07, 6.45) is 3.63. The molecule has 2 rings (SSSR count). The van der Waals surface area contributed by atoms with Crippen molar-refractivity contribution in [1.82, 2.24) is 4.72 Å². The van der Waals surface area contributed by atoms with Gasteiger partial charge in [0.05, 0.1) is 11.7 Å². The van der Waals surface area contributed by atoms with E-state index >= 15 is 0 Å². The van der Waals surface area contributed by atoms with Crippen LogP contribution < -0.4 is 4.72 Å². The van der Waals surface area contributed by atoms with Gasteiger partial charge in [0.25, 0.3) is 0 Å². The molecule has 0 amide bonds. The normalized spacial score (nSPS) is 23.8. The molecule has 1 aliphatic carbocycles. The van der Waals surface area contributed by atoms with Crippen molar-refractivity contribution in [3.63, 3.8) is 0 Å². The van der Waals surface area contributed by atoms with Crippen LogP contribution in [0.2, 0.25) is 0 Å². The highest BCUT2D eigenvalue weighted by Crippen LogP contribution is 2.43. The molecule has 1 aliphatic heterocycles. The Bertz CT molecular complexity index is 423. The fourth-order valence-electron chi connectivity index (χ4n) is 2.77. The van der Waals surface area contributed by atoms with Gasteiger partial charge in [0.2, 0.25) is 10.0 Å². The number of hydrogen-bond acceptors (Lipinski definition) is 4. The Morgan fingerprint density at radius 3 is 2.42 bits per heavy atom. The van der Waals surface area contributed by atoms with E-state index in [2.05, 4.69) is 4.72 Å². The third kappa shape index (κ3) is 3.67. The maximum absolute atomic E-state index is 12.1. The van der Waals surface area contributed by atoms with Gasteiger partial charge in [0, 0.05) is 19.8 Å². The van der Waals surface area contributed by atoms with E-state index in [1.807, 2.05) is 0 Å². The molecule has 110 valence electrons. The Labute approximate surface area is 113 Å². The zero-order valence-corrected chi connectivity index (χ0v) is 11.7. The first-order chi connectivity index (χ1) is 8.94. The molecule has 1 saturated heterocycles. The summed E-state index contributed by atoms with van der Waals surface area (Å²) >= 11 is 0. The predicted octanol–water partition coefficient (Wildman–Crippen LogP) is 0.730. The summed E-state index contributed by atoms with van der Waals surface area (Å²) in [6, 6.07) is 0. The second kappa shape index (κ2) is 5.76. The zero-order valence-electron chi connectivity index (χ0n) is 10.9. The number of aliphatic carboxylic acids is 1. The number of rotatable bonds is 6. The fourth-order valence-corrected chi connectivity index (χ4v) is 4.33. The van der Waals surface area contributed by atoms with E-state index in [9.17, 15) is 13.2 Å². The Balaban J connectivity index is 1.91. The second-order valence-corrected chi connectivity index (χ2v) is 7.65. The summed E-state index contributed by atoms with van der Waals surface area (Å²) in [7, 11) is -3.35. The zero-order chi connectivity index (χ0) is 13.9. The molecule has 6 nitrogen and oxygen atoms in total. The summed E-state index contributed by atoms with van der Waals surface area (Å²) in [4.78, 5) is 10.8. The SMILES string of the molecule is O=C(O)CC1(CNS(=O)(=O)C2CCOCC2)CCC1. The maximum Gasteiger partial charge on any atom is 0.303 e. The molecule has 1 saturated carbocycles. The highest BCUT2D eigenvalue weighted by molar-refractivity contribution is 7.90. The standard InChI is InChI=1S/C12H21NO5S/c14-11(15)8-12(4-1-5-12)9-13-19(16,17)10-2-6-18-7-3-10/h10,13H,1-9H2,(H,14,15). The fraction of sp³-hybridized carbons (Fsp3) is 0.917. The van der Waals surface area contributed by atoms with Crippen molar-refractivity contribution in [2.24, 2.45) is 5.41 Å². The highest BCUT2D eigenvalue weighted by Gasteiger charge is 2.40. The average molecular weight is 291 g/mol. The minimum absolute atomic E-state index is 0.0449. The number of nitrogens with one attached hydrogen (secondary N) is 1. The van der Waals surface area contributed by atoms with Crippen LogP contribution in [-0.2, 0) is 19.6 Å². The molecule has 1 heterocycles. The van der Waals surface area contributed by atoms with Crippen LogP contribution in [0.3, 0.4) is 0 Å². The maximum atomic E-state index is 12.1. The van der Waals surface area contributed by atoms with Crippen molar-refractivity contribution >= 4 is 16.0 Å². The molecular weight excluding hydrogens is 270 g/mol. The first kappa shape index (κ1) is 14.7. The van der Waals surface area contributed by atoms with E-state index in [4.69, 9.17) is 9.84 Å². The highest BCUT2D eigenvalue weighted by atomic mass is 32.2. The van der Waals surface area contributed by atoms with Crippen LogP contribution in [0.15, 0.2) is 0 Å². The summed E-state index contributed by atoms with van der Waals surface area (Å²) in [5.74, 6) is -0.857. The Morgan fingerprint density at radius 2 is 1.95 bits per heavy atom. The smallest absolute Gasteiger partial charge is 0.303 e. The predicted molar refractivity (Wildman–Crippen MR) is 69.3 cm³/mol. The summed E-state index contributed by atoms with van der Waals surface area (Å²) < 4.78 is 32.1. The van der Waals surface area contributed by atoms with Gasteiger partial charge < -0.3 is 9.84 Å². The van der Waals surface area contributed by atoms with E-state index in [-0.39, 0.29) is 18.4 Å². The van der Waals surface area contributed by atoms with Crippen molar-refractivity contribution in [3.05, 3.63) is 0 Å². The van der Waals surface area contributed by atoms with Gasteiger partial charge in [-0.25, -0.2) is 13.1 Å². The summed E-state index contributed by atoms with van der Waals surface area (Å²) in [5, 5.41) is 8.50. The minimum Gasteiger partial charge on any atom is -0.481 e. The molecule has 0 unspecified atom stereocenters. The third-order valence-corrected chi connectivity index (χ3v) is 6.09. The largest absolute Gasteiger partial charge is 0.481 e. The molecule has 0 aromatic heterocycles. The van der Waals surface area contributed by atoms with Crippen molar-refractivity contribution in [3.8, 4) is 0 Å². The number of sulfonamides is 1. The van der Waals surface area contributed by atoms with Gasteiger partial charge in [-0.05, 0) is 31.1 Å². The molecule has 2 aliphatic rings. The van der Waals surface area contributed by atoms with E-state index < -0.39 is 21.2 Å². The second-order valence-electron chi connectivity index (χ2n) is 5.60. The number of carboxylic acid groups (broad SMARTS) is 1. The topological polar surface area (TPSA) is 92.7 Å². The molecular formula is C12H21NO5S. The molecule has 0 spiro atoms. The van der Waals surface area contributed by atoms with Crippen molar-refractivity contribution in [2.45, 2.75) is 43.8 Å². The van der Waals surface area contributed by atoms with E-state index in [1.54, 1.807) is 0 Å². The number of hydrogen-bond donors (Lipinski definition) is 2. The van der Waals surface area contributed by atoms with E-state index in [0.717, 1.165) is 19.3 Å². The van der Waals surface area contributed by atoms with Crippen LogP contribution in [-0.4, -0.2) is 44.5 Å². The first-order valence-electron chi connectivity index (χ1n) is 6.72. The molecule has 19 heavy (non-hydrogen) atoms. The van der Waals surface area contributed by atoms with Crippen LogP contribution in [0.5, 0.6) is 0 Å². The van der Waals surface area contributed by atoms with Gasteiger partial charge in [-0.3, -0.25) is 4.79 Å². The van der Waals surface area contributed by atoms with E-state index in [1.165, 1.54) is 0 Å². The van der Waals surface area contributed by atoms with Crippen molar-refractivity contribution < 1.29 is 23.1 Å². The van der Waals surface area contributed by atoms with Crippen LogP contribution in [0, 0.1) is 5.41 Å². The van der Waals surface area contributed by atoms with Crippen LogP contribution >= 0.6 is 0 Å². The quantitative estimate of drug-likeness (QED) is 0.752. The Hall–Kier alpha value is -0.660. The van der Waals surface area contributed by atoms with Gasteiger partial charge >= 0.3 is 5.97 Å². The monoisotopic (exact) mass is 291 g/mol. The van der Waals surface area contributed by atoms with Crippen molar-refractivity contribution in [2.75, 3.05) is 19.8 Å². The molecule has 2 fully saturated rings. The van der Waals surface area contributed by atoms with Gasteiger partial charge in [-0.15, -0.1) is 0 Å². The lowest BCUT2D eigenvalue weighted by molar-refractivity contribution is -0.141. The molecule has 2 N–H and O–H groups in total. The van der Waals surface area contributed by atoms with Crippen LogP contribution in [0.1, 0.15) is 38.5 Å². The summed E-state index contributed by atoms with van der Waals surface area (Å²) in [6.45, 7) is 1.21. The minimum atomic E-state index is -3.35. The lowest BCUT2D eigenvalue weighted by atomic mass is 9.67. The molecule has 0 aromatic carbocycles. The van der Waals surface area contributed by atoms with Crippen molar-refractivity contribution in [1.29, 1.82) is 0 Å². The molecule has 0 bridgehead atoms. The Morgan fingerprint density at radius 1 is 1.32 bits per heavy atom. The Kier molecular flexibility index (Phi) is 4.47. The molecule has 0 atom stereocenters. The first-order valence-corrected chi connectivity index (χ1v) is 8.26. The van der Waals surface area contributed by atoms with Gasteiger partial charge in [0.1, 0.15) is 0 Å². The van der Waals surface area contributed by atoms with Crippen LogP contribution in [0.4, 0.5) is 0 Å². The number of ether oxygens (including phenoxy) is 1. The number of carbonyl (C=O) groups is 1. The summed E-state index contributed by atoms with van der Waals surface area (Å²) in [5.41, 5.74) is -0.371. The van der Waals surface area contributed by atoms with Gasteiger partial charge in [0.15, 0.2) is 0 Å². The number of carboxylic acids is 1. The molecule has 0 aromatic rings. The van der Waals surface area contributed by atoms with Gasteiger partial charge in [-0.1, -0.05) is 6.42 Å². The van der Waals surface area contributed by atoms with Gasteiger partial charge in [-0.2, -0.15) is 0 Å². The van der Waals surface area contributed by atoms with Crippen LogP contribution in [0.25, 0.3) is 0 Å². The molecule has 7 heteroatoms. The third-order valence-electron chi connectivity index (χ3n) is 4.20. The van der Waals surface area contributed by atoms with E-state index in [0.29, 0.717) is 26.1 Å². The molecule has 0 radical (unpaired) electrons.